The molecule has 21 heteroatoms. The molecule has 7 heterocycles. The number of carbonyl (C=O) groups is 3. The Labute approximate surface area is 346 Å². The first kappa shape index (κ1) is 41.9. The molecule has 17 nitrogen and oxygen atoms in total. The normalized spacial score (nSPS) is 21.2. The van der Waals surface area contributed by atoms with Crippen molar-refractivity contribution in [3.63, 3.8) is 0 Å². The molecule has 4 aromatic heterocycles. The molecule has 4 fully saturated rings. The van der Waals surface area contributed by atoms with Crippen LogP contribution in [0.4, 0.5) is 34.8 Å². The fraction of sp³-hybridized carbons (Fsp3) is 0.525. The molecule has 1 aliphatic carbocycles. The molecule has 2 atom stereocenters. The number of amides is 3. The number of aliphatic hydroxyl groups excluding tert-OH is 1. The Morgan fingerprint density at radius 1 is 1.03 bits per heavy atom. The number of imidazole rings is 1. The second kappa shape index (κ2) is 16.6. The summed E-state index contributed by atoms with van der Waals surface area (Å²) in [4.78, 5) is 59.3. The summed E-state index contributed by atoms with van der Waals surface area (Å²) >= 11 is 0. The van der Waals surface area contributed by atoms with Gasteiger partial charge in [0.15, 0.2) is 11.3 Å². The van der Waals surface area contributed by atoms with Crippen LogP contribution in [-0.2, 0) is 16.6 Å². The number of anilines is 3. The van der Waals surface area contributed by atoms with Gasteiger partial charge in [0.1, 0.15) is 17.4 Å². The van der Waals surface area contributed by atoms with Gasteiger partial charge in [-0.25, -0.2) is 31.9 Å². The molecule has 5 aromatic rings. The lowest BCUT2D eigenvalue weighted by Gasteiger charge is -2.42. The Balaban J connectivity index is 0.000000169. The molecule has 1 aromatic carbocycles. The van der Waals surface area contributed by atoms with Gasteiger partial charge < -0.3 is 25.1 Å². The molecule has 4 aliphatic rings. The number of hydrogen-bond donors (Lipinski definition) is 3. The molecule has 61 heavy (non-hydrogen) atoms. The zero-order chi connectivity index (χ0) is 43.3. The van der Waals surface area contributed by atoms with Crippen molar-refractivity contribution < 1.29 is 37.1 Å². The molecule has 0 spiro atoms. The maximum absolute atomic E-state index is 14.8. The zero-order valence-corrected chi connectivity index (χ0v) is 34.0. The van der Waals surface area contributed by atoms with Gasteiger partial charge in [-0.3, -0.25) is 33.5 Å². The molecule has 3 N–H and O–H groups in total. The molecule has 3 amide bonds. The van der Waals surface area contributed by atoms with Gasteiger partial charge in [0.25, 0.3) is 18.3 Å². The minimum atomic E-state index is -2.91. The van der Waals surface area contributed by atoms with E-state index >= 15 is 0 Å². The van der Waals surface area contributed by atoms with E-state index in [-0.39, 0.29) is 48.6 Å². The lowest BCUT2D eigenvalue weighted by atomic mass is 9.96. The van der Waals surface area contributed by atoms with Crippen molar-refractivity contribution in [3.8, 4) is 0 Å². The van der Waals surface area contributed by atoms with Crippen molar-refractivity contribution in [2.45, 2.75) is 87.9 Å². The first-order chi connectivity index (χ1) is 29.1. The predicted octanol–water partition coefficient (Wildman–Crippen LogP) is 3.90. The molecule has 0 radical (unpaired) electrons. The number of hydrogen-bond acceptors (Lipinski definition) is 11. The summed E-state index contributed by atoms with van der Waals surface area (Å²) in [6.07, 6.45) is 7.01. The van der Waals surface area contributed by atoms with E-state index in [0.717, 1.165) is 32.1 Å². The summed E-state index contributed by atoms with van der Waals surface area (Å²) in [5.41, 5.74) is 1.18. The number of β-amino-alcohol motifs (C(OH)–C–C–N with tert-alkyl or cyclic N) is 1. The van der Waals surface area contributed by atoms with E-state index < -0.39 is 54.2 Å². The fourth-order valence-corrected chi connectivity index (χ4v) is 8.90. The third-order valence-corrected chi connectivity index (χ3v) is 12.1. The van der Waals surface area contributed by atoms with Crippen LogP contribution in [0.2, 0.25) is 0 Å². The van der Waals surface area contributed by atoms with Crippen LogP contribution >= 0.6 is 0 Å². The number of para-hydroxylation sites is 1. The lowest BCUT2D eigenvalue weighted by Crippen LogP contribution is -2.56. The third-order valence-electron chi connectivity index (χ3n) is 12.1. The molecule has 3 saturated heterocycles. The minimum absolute atomic E-state index is 0.00643. The first-order valence-corrected chi connectivity index (χ1v) is 20.4. The van der Waals surface area contributed by atoms with Gasteiger partial charge in [0.05, 0.1) is 53.3 Å². The Morgan fingerprint density at radius 2 is 1.79 bits per heavy atom. The number of carbonyl (C=O) groups excluding carboxylic acids is 3. The SMILES string of the molecule is CN(C)C1CCN(c2cccc3c2n(C)c(=O)n3C2CCC(=O)NC2=O)CC1(F)F.O=C(Nc1cn(C2CCCCC2)nc1C(F)F)c1cnn2ccc(N3CC(O)C3)nc12. The average Bonchev–Trinajstić information content (AvgIpc) is 3.91. The smallest absolute Gasteiger partial charge is 0.329 e. The number of benzene rings is 1. The quantitative estimate of drug-likeness (QED) is 0.152. The Kier molecular flexibility index (Phi) is 11.4. The van der Waals surface area contributed by atoms with Gasteiger partial charge in [-0.05, 0) is 58.0 Å². The molecular weight excluding hydrogens is 805 g/mol. The summed E-state index contributed by atoms with van der Waals surface area (Å²) < 4.78 is 62.5. The molecule has 3 aliphatic heterocycles. The van der Waals surface area contributed by atoms with Gasteiger partial charge in [0.2, 0.25) is 11.8 Å². The van der Waals surface area contributed by atoms with Crippen LogP contribution in [0.3, 0.4) is 0 Å². The van der Waals surface area contributed by atoms with E-state index in [4.69, 9.17) is 0 Å². The topological polar surface area (TPSA) is 180 Å². The summed E-state index contributed by atoms with van der Waals surface area (Å²) in [7, 11) is 4.87. The van der Waals surface area contributed by atoms with Crippen molar-refractivity contribution in [2.24, 2.45) is 7.05 Å². The number of nitrogens with one attached hydrogen (secondary N) is 2. The molecule has 0 bridgehead atoms. The summed E-state index contributed by atoms with van der Waals surface area (Å²) in [6.45, 7) is 0.913. The number of halogens is 4. The predicted molar refractivity (Wildman–Crippen MR) is 216 cm³/mol. The zero-order valence-electron chi connectivity index (χ0n) is 34.0. The highest BCUT2D eigenvalue weighted by atomic mass is 19.3. The van der Waals surface area contributed by atoms with Crippen LogP contribution in [-0.4, -0.2) is 120 Å². The van der Waals surface area contributed by atoms with Gasteiger partial charge in [-0.1, -0.05) is 25.3 Å². The van der Waals surface area contributed by atoms with Crippen molar-refractivity contribution in [1.29, 1.82) is 0 Å². The molecular formula is C40H48F4N12O5. The van der Waals surface area contributed by atoms with Crippen molar-refractivity contribution in [1.82, 2.24) is 43.7 Å². The van der Waals surface area contributed by atoms with Crippen LogP contribution < -0.4 is 26.1 Å². The van der Waals surface area contributed by atoms with E-state index in [1.54, 1.807) is 66.1 Å². The van der Waals surface area contributed by atoms with Gasteiger partial charge in [-0.2, -0.15) is 10.2 Å². The Hall–Kier alpha value is -5.83. The number of piperidine rings is 2. The van der Waals surface area contributed by atoms with Gasteiger partial charge >= 0.3 is 5.69 Å². The Morgan fingerprint density at radius 3 is 2.46 bits per heavy atom. The second-order valence-corrected chi connectivity index (χ2v) is 16.4. The van der Waals surface area contributed by atoms with Gasteiger partial charge in [-0.15, -0.1) is 0 Å². The van der Waals surface area contributed by atoms with Crippen LogP contribution in [0.1, 0.15) is 85.9 Å². The maximum atomic E-state index is 14.8. The van der Waals surface area contributed by atoms with E-state index in [1.165, 1.54) is 26.0 Å². The maximum Gasteiger partial charge on any atom is 0.329 e. The number of imide groups is 1. The van der Waals surface area contributed by atoms with Crippen LogP contribution in [0.15, 0.2) is 47.7 Å². The third kappa shape index (κ3) is 8.07. The summed E-state index contributed by atoms with van der Waals surface area (Å²) in [5.74, 6) is -3.76. The number of alkyl halides is 4. The molecule has 2 unspecified atom stereocenters. The summed E-state index contributed by atoms with van der Waals surface area (Å²) in [6, 6.07) is 5.30. The molecule has 326 valence electrons. The number of aliphatic hydroxyl groups is 1. The number of fused-ring (bicyclic) bond motifs is 2. The highest BCUT2D eigenvalue weighted by Crippen LogP contribution is 2.37. The largest absolute Gasteiger partial charge is 0.389 e. The first-order valence-electron chi connectivity index (χ1n) is 20.4. The monoisotopic (exact) mass is 852 g/mol. The molecule has 9 rings (SSSR count). The highest BCUT2D eigenvalue weighted by Gasteiger charge is 2.46. The lowest BCUT2D eigenvalue weighted by molar-refractivity contribution is -0.135. The van der Waals surface area contributed by atoms with Crippen molar-refractivity contribution in [2.75, 3.05) is 55.4 Å². The minimum Gasteiger partial charge on any atom is -0.389 e. The molecule has 1 saturated carbocycles. The summed E-state index contributed by atoms with van der Waals surface area (Å²) in [5, 5.41) is 22.6. The number of aryl methyl sites for hydroxylation is 1. The van der Waals surface area contributed by atoms with Crippen LogP contribution in [0.25, 0.3) is 16.7 Å². The average molecular weight is 853 g/mol. The van der Waals surface area contributed by atoms with Crippen LogP contribution in [0.5, 0.6) is 0 Å². The second-order valence-electron chi connectivity index (χ2n) is 16.4. The van der Waals surface area contributed by atoms with E-state index in [0.29, 0.717) is 47.8 Å². The highest BCUT2D eigenvalue weighted by molar-refractivity contribution is 6.08. The number of rotatable bonds is 8. The van der Waals surface area contributed by atoms with E-state index in [9.17, 15) is 41.8 Å². The standard InChI is InChI=1S/C20H23F2N7O2.C20H25F2N5O3/c21-18(22)17-15(11-29(26-17)12-4-2-1-3-5-12)24-20(31)14-8-23-28-7-6-16(25-19(14)28)27-9-13(30)10-27;1-24(2)15-9-10-26(11-20(15,21)22)12-5-4-6-13-17(12)25(3)19(30)27(13)14-7-8-16(28)23-18(14)29/h6-8,11-13,18,30H,1-5,9-10H2,(H,24,31);4-6,14-15H,7-11H2,1-3H3,(H,23,28,29). The Bertz CT molecular complexity index is 2520. The number of nitrogens with zero attached hydrogens (tertiary/aromatic N) is 10. The van der Waals surface area contributed by atoms with E-state index in [1.807, 2.05) is 4.90 Å². The number of aromatic nitrogens is 7. The van der Waals surface area contributed by atoms with Crippen LogP contribution in [0, 0.1) is 0 Å². The van der Waals surface area contributed by atoms with Crippen molar-refractivity contribution in [3.05, 3.63) is 64.6 Å². The van der Waals surface area contributed by atoms with Crippen molar-refractivity contribution >= 4 is 51.6 Å². The fourth-order valence-electron chi connectivity index (χ4n) is 8.90. The van der Waals surface area contributed by atoms with E-state index in [2.05, 4.69) is 25.8 Å². The van der Waals surface area contributed by atoms with Gasteiger partial charge in [0, 0.05) is 45.5 Å².